The largest absolute Gasteiger partial charge is 0.376 e. The van der Waals surface area contributed by atoms with Gasteiger partial charge in [-0.3, -0.25) is 0 Å². The summed E-state index contributed by atoms with van der Waals surface area (Å²) in [5, 5.41) is 0. The maximum absolute atomic E-state index is 12.8. The summed E-state index contributed by atoms with van der Waals surface area (Å²) in [4.78, 5) is 0. The zero-order valence-electron chi connectivity index (χ0n) is 12.4. The van der Waals surface area contributed by atoms with Gasteiger partial charge in [0.2, 0.25) is 0 Å². The summed E-state index contributed by atoms with van der Waals surface area (Å²) in [6.45, 7) is 4.88. The summed E-state index contributed by atoms with van der Waals surface area (Å²) >= 11 is 0. The highest BCUT2D eigenvalue weighted by Crippen LogP contribution is 2.44. The Balaban J connectivity index is 1.69. The third kappa shape index (κ3) is 2.75. The van der Waals surface area contributed by atoms with Crippen LogP contribution in [0.1, 0.15) is 45.4 Å². The van der Waals surface area contributed by atoms with Crippen molar-refractivity contribution in [3.8, 4) is 0 Å². The summed E-state index contributed by atoms with van der Waals surface area (Å²) < 4.78 is 34.3. The SMILES string of the molecule is CC1CN(S(=O)(=O)N2CCC3(CCCCC3)C2)CCO1. The molecule has 6 heteroatoms. The van der Waals surface area contributed by atoms with E-state index in [1.807, 2.05) is 6.92 Å². The van der Waals surface area contributed by atoms with E-state index in [1.54, 1.807) is 8.61 Å². The van der Waals surface area contributed by atoms with Crippen LogP contribution in [0, 0.1) is 5.41 Å². The molecular formula is C14H26N2O3S. The highest BCUT2D eigenvalue weighted by atomic mass is 32.2. The van der Waals surface area contributed by atoms with E-state index in [4.69, 9.17) is 4.74 Å². The second-order valence-corrected chi connectivity index (χ2v) is 8.62. The van der Waals surface area contributed by atoms with E-state index in [-0.39, 0.29) is 11.5 Å². The molecule has 1 saturated carbocycles. The molecule has 5 nitrogen and oxygen atoms in total. The third-order valence-electron chi connectivity index (χ3n) is 5.17. The van der Waals surface area contributed by atoms with Crippen molar-refractivity contribution >= 4 is 10.2 Å². The van der Waals surface area contributed by atoms with Crippen LogP contribution in [0.15, 0.2) is 0 Å². The first-order valence-electron chi connectivity index (χ1n) is 7.89. The number of ether oxygens (including phenoxy) is 1. The van der Waals surface area contributed by atoms with E-state index in [0.717, 1.165) is 13.0 Å². The minimum Gasteiger partial charge on any atom is -0.376 e. The van der Waals surface area contributed by atoms with Gasteiger partial charge in [-0.2, -0.15) is 17.0 Å². The summed E-state index contributed by atoms with van der Waals surface area (Å²) in [5.41, 5.74) is 0.281. The second-order valence-electron chi connectivity index (χ2n) is 6.69. The fourth-order valence-corrected chi connectivity index (χ4v) is 5.75. The van der Waals surface area contributed by atoms with Crippen LogP contribution in [-0.2, 0) is 14.9 Å². The molecule has 2 aliphatic heterocycles. The molecule has 3 fully saturated rings. The summed E-state index contributed by atoms with van der Waals surface area (Å²) in [7, 11) is -3.28. The Kier molecular flexibility index (Phi) is 4.10. The summed E-state index contributed by atoms with van der Waals surface area (Å²) in [5.74, 6) is 0. The summed E-state index contributed by atoms with van der Waals surface area (Å²) in [6, 6.07) is 0. The van der Waals surface area contributed by atoms with Gasteiger partial charge >= 0.3 is 0 Å². The van der Waals surface area contributed by atoms with Gasteiger partial charge in [0, 0.05) is 26.2 Å². The first-order chi connectivity index (χ1) is 9.52. The molecule has 1 atom stereocenters. The molecule has 1 spiro atoms. The van der Waals surface area contributed by atoms with Gasteiger partial charge in [0.25, 0.3) is 10.2 Å². The van der Waals surface area contributed by atoms with E-state index in [2.05, 4.69) is 0 Å². The van der Waals surface area contributed by atoms with Gasteiger partial charge in [-0.15, -0.1) is 0 Å². The van der Waals surface area contributed by atoms with E-state index in [0.29, 0.717) is 26.2 Å². The highest BCUT2D eigenvalue weighted by Gasteiger charge is 2.45. The second kappa shape index (κ2) is 5.55. The lowest BCUT2D eigenvalue weighted by Crippen LogP contribution is -2.50. The van der Waals surface area contributed by atoms with Gasteiger partial charge in [-0.05, 0) is 31.6 Å². The lowest BCUT2D eigenvalue weighted by molar-refractivity contribution is 0.00835. The molecule has 20 heavy (non-hydrogen) atoms. The standard InChI is InChI=1S/C14H26N2O3S/c1-13-11-15(9-10-19-13)20(17,18)16-8-7-14(12-16)5-3-2-4-6-14/h13H,2-12H2,1H3. The van der Waals surface area contributed by atoms with Crippen LogP contribution in [0.25, 0.3) is 0 Å². The fourth-order valence-electron chi connectivity index (χ4n) is 3.96. The number of morpholine rings is 1. The quantitative estimate of drug-likeness (QED) is 0.778. The molecule has 3 aliphatic rings. The lowest BCUT2D eigenvalue weighted by atomic mass is 9.74. The van der Waals surface area contributed by atoms with Crippen molar-refractivity contribution in [3.63, 3.8) is 0 Å². The van der Waals surface area contributed by atoms with E-state index >= 15 is 0 Å². The number of hydrogen-bond donors (Lipinski definition) is 0. The number of nitrogens with zero attached hydrogens (tertiary/aromatic N) is 2. The van der Waals surface area contributed by atoms with Crippen molar-refractivity contribution in [3.05, 3.63) is 0 Å². The minimum absolute atomic E-state index is 0.00442. The van der Waals surface area contributed by atoms with Crippen molar-refractivity contribution in [2.24, 2.45) is 5.41 Å². The molecule has 0 N–H and O–H groups in total. The average Bonchev–Trinajstić information content (AvgIpc) is 2.84. The predicted molar refractivity (Wildman–Crippen MR) is 77.6 cm³/mol. The Hall–Kier alpha value is -0.170. The molecule has 1 aliphatic carbocycles. The molecule has 2 saturated heterocycles. The molecule has 3 rings (SSSR count). The Morgan fingerprint density at radius 1 is 1.05 bits per heavy atom. The zero-order valence-corrected chi connectivity index (χ0v) is 13.2. The Bertz CT molecular complexity index is 445. The predicted octanol–water partition coefficient (Wildman–Crippen LogP) is 1.61. The zero-order chi connectivity index (χ0) is 14.2. The van der Waals surface area contributed by atoms with Crippen molar-refractivity contribution in [2.45, 2.75) is 51.6 Å². The van der Waals surface area contributed by atoms with Crippen LogP contribution in [0.2, 0.25) is 0 Å². The Labute approximate surface area is 122 Å². The Morgan fingerprint density at radius 3 is 2.50 bits per heavy atom. The van der Waals surface area contributed by atoms with Gasteiger partial charge in [0.1, 0.15) is 0 Å². The van der Waals surface area contributed by atoms with Crippen LogP contribution < -0.4 is 0 Å². The minimum atomic E-state index is -3.28. The van der Waals surface area contributed by atoms with Gasteiger partial charge in [-0.25, -0.2) is 0 Å². The molecule has 2 heterocycles. The lowest BCUT2D eigenvalue weighted by Gasteiger charge is -2.35. The fraction of sp³-hybridized carbons (Fsp3) is 1.00. The molecular weight excluding hydrogens is 276 g/mol. The molecule has 0 amide bonds. The van der Waals surface area contributed by atoms with E-state index in [1.165, 1.54) is 32.1 Å². The molecule has 116 valence electrons. The van der Waals surface area contributed by atoms with Gasteiger partial charge in [-0.1, -0.05) is 19.3 Å². The molecule has 0 aromatic rings. The van der Waals surface area contributed by atoms with E-state index in [9.17, 15) is 8.42 Å². The van der Waals surface area contributed by atoms with Crippen LogP contribution in [-0.4, -0.2) is 55.9 Å². The van der Waals surface area contributed by atoms with Crippen molar-refractivity contribution in [2.75, 3.05) is 32.8 Å². The molecule has 0 aromatic heterocycles. The Morgan fingerprint density at radius 2 is 1.80 bits per heavy atom. The van der Waals surface area contributed by atoms with Crippen LogP contribution in [0.3, 0.4) is 0 Å². The van der Waals surface area contributed by atoms with E-state index < -0.39 is 10.2 Å². The smallest absolute Gasteiger partial charge is 0.282 e. The third-order valence-corrected chi connectivity index (χ3v) is 7.12. The molecule has 0 aromatic carbocycles. The maximum Gasteiger partial charge on any atom is 0.282 e. The maximum atomic E-state index is 12.8. The number of hydrogen-bond acceptors (Lipinski definition) is 3. The van der Waals surface area contributed by atoms with Gasteiger partial charge in [0.05, 0.1) is 12.7 Å². The normalized spacial score (nSPS) is 32.8. The van der Waals surface area contributed by atoms with Crippen molar-refractivity contribution in [1.82, 2.24) is 8.61 Å². The molecule has 0 radical (unpaired) electrons. The first kappa shape index (κ1) is 14.8. The highest BCUT2D eigenvalue weighted by molar-refractivity contribution is 7.86. The van der Waals surface area contributed by atoms with Crippen molar-refractivity contribution in [1.29, 1.82) is 0 Å². The number of rotatable bonds is 2. The van der Waals surface area contributed by atoms with Crippen LogP contribution in [0.5, 0.6) is 0 Å². The van der Waals surface area contributed by atoms with Crippen molar-refractivity contribution < 1.29 is 13.2 Å². The van der Waals surface area contributed by atoms with Gasteiger partial charge in [0.15, 0.2) is 0 Å². The monoisotopic (exact) mass is 302 g/mol. The van der Waals surface area contributed by atoms with Crippen LogP contribution in [0.4, 0.5) is 0 Å². The topological polar surface area (TPSA) is 49.9 Å². The van der Waals surface area contributed by atoms with Gasteiger partial charge < -0.3 is 4.74 Å². The first-order valence-corrected chi connectivity index (χ1v) is 9.28. The molecule has 1 unspecified atom stereocenters. The average molecular weight is 302 g/mol. The molecule has 0 bridgehead atoms. The summed E-state index contributed by atoms with van der Waals surface area (Å²) in [6.07, 6.45) is 7.31. The van der Waals surface area contributed by atoms with Crippen LogP contribution >= 0.6 is 0 Å².